The van der Waals surface area contributed by atoms with Crippen LogP contribution in [0.25, 0.3) is 0 Å². The standard InChI is InChI=1S/C22H22ClF3N2O2/c23-18-11-5-4-10-17(18)21(30)27-19(15-7-2-1-3-8-15)13-20(29)28-12-6-9-16(14-28)22(24,25)26/h1-5,7-8,10-11,16,19H,6,9,12-14H2,(H,27,30)/t16-,19+/m0/s1. The van der Waals surface area contributed by atoms with E-state index >= 15 is 0 Å². The number of rotatable bonds is 5. The average Bonchev–Trinajstić information content (AvgIpc) is 2.73. The van der Waals surface area contributed by atoms with Crippen LogP contribution in [0.2, 0.25) is 5.02 Å². The molecule has 2 atom stereocenters. The molecule has 0 spiro atoms. The molecule has 1 fully saturated rings. The first-order chi connectivity index (χ1) is 14.3. The topological polar surface area (TPSA) is 49.4 Å². The number of alkyl halides is 3. The lowest BCUT2D eigenvalue weighted by Crippen LogP contribution is -2.45. The molecule has 0 radical (unpaired) electrons. The molecule has 0 unspecified atom stereocenters. The summed E-state index contributed by atoms with van der Waals surface area (Å²) in [6.45, 7) is -0.0618. The average molecular weight is 439 g/mol. The van der Waals surface area contributed by atoms with Crippen LogP contribution in [0.4, 0.5) is 13.2 Å². The van der Waals surface area contributed by atoms with Crippen LogP contribution in [-0.4, -0.2) is 36.0 Å². The van der Waals surface area contributed by atoms with Crippen LogP contribution in [0, 0.1) is 5.92 Å². The smallest absolute Gasteiger partial charge is 0.345 e. The van der Waals surface area contributed by atoms with Gasteiger partial charge in [-0.25, -0.2) is 0 Å². The van der Waals surface area contributed by atoms with E-state index in [2.05, 4.69) is 5.32 Å². The van der Waals surface area contributed by atoms with Crippen LogP contribution in [0.5, 0.6) is 0 Å². The van der Waals surface area contributed by atoms with Crippen molar-refractivity contribution in [2.75, 3.05) is 13.1 Å². The van der Waals surface area contributed by atoms with Crippen molar-refractivity contribution in [2.45, 2.75) is 31.5 Å². The van der Waals surface area contributed by atoms with E-state index in [0.717, 1.165) is 0 Å². The molecule has 1 heterocycles. The molecule has 0 bridgehead atoms. The SMILES string of the molecule is O=C(N[C@H](CC(=O)N1CCC[C@H](C(F)(F)F)C1)c1ccccc1)c1ccccc1Cl. The zero-order valence-corrected chi connectivity index (χ0v) is 16.9. The third-order valence-electron chi connectivity index (χ3n) is 5.24. The van der Waals surface area contributed by atoms with Crippen LogP contribution in [0.1, 0.15) is 41.2 Å². The molecule has 4 nitrogen and oxygen atoms in total. The van der Waals surface area contributed by atoms with Crippen molar-refractivity contribution in [1.29, 1.82) is 0 Å². The summed E-state index contributed by atoms with van der Waals surface area (Å²) in [5, 5.41) is 3.08. The van der Waals surface area contributed by atoms with Crippen molar-refractivity contribution in [1.82, 2.24) is 10.2 Å². The van der Waals surface area contributed by atoms with E-state index in [9.17, 15) is 22.8 Å². The number of piperidine rings is 1. The van der Waals surface area contributed by atoms with Gasteiger partial charge in [-0.05, 0) is 30.5 Å². The fourth-order valence-corrected chi connectivity index (χ4v) is 3.82. The first kappa shape index (κ1) is 22.2. The number of hydrogen-bond donors (Lipinski definition) is 1. The Morgan fingerprint density at radius 1 is 1.10 bits per heavy atom. The summed E-state index contributed by atoms with van der Waals surface area (Å²) < 4.78 is 39.3. The van der Waals surface area contributed by atoms with Crippen molar-refractivity contribution >= 4 is 23.4 Å². The Bertz CT molecular complexity index is 889. The van der Waals surface area contributed by atoms with Crippen LogP contribution in [-0.2, 0) is 4.79 Å². The first-order valence-electron chi connectivity index (χ1n) is 9.70. The van der Waals surface area contributed by atoms with E-state index in [1.807, 2.05) is 0 Å². The molecular formula is C22H22ClF3N2O2. The van der Waals surface area contributed by atoms with E-state index in [-0.39, 0.29) is 36.5 Å². The second-order valence-electron chi connectivity index (χ2n) is 7.34. The van der Waals surface area contributed by atoms with Crippen LogP contribution in [0.3, 0.4) is 0 Å². The van der Waals surface area contributed by atoms with E-state index < -0.39 is 30.0 Å². The Hall–Kier alpha value is -2.54. The molecule has 0 saturated carbocycles. The quantitative estimate of drug-likeness (QED) is 0.714. The number of likely N-dealkylation sites (tertiary alicyclic amines) is 1. The van der Waals surface area contributed by atoms with Crippen LogP contribution in [0.15, 0.2) is 54.6 Å². The molecule has 1 aliphatic rings. The van der Waals surface area contributed by atoms with Crippen LogP contribution < -0.4 is 5.32 Å². The predicted octanol–water partition coefficient (Wildman–Crippen LogP) is 5.00. The third kappa shape index (κ3) is 5.53. The number of nitrogens with one attached hydrogen (secondary N) is 1. The number of amides is 2. The van der Waals surface area contributed by atoms with Crippen molar-refractivity contribution in [3.05, 3.63) is 70.7 Å². The maximum Gasteiger partial charge on any atom is 0.393 e. The first-order valence-corrected chi connectivity index (χ1v) is 10.1. The summed E-state index contributed by atoms with van der Waals surface area (Å²) in [7, 11) is 0. The van der Waals surface area contributed by atoms with Gasteiger partial charge in [-0.2, -0.15) is 13.2 Å². The maximum absolute atomic E-state index is 13.1. The summed E-state index contributed by atoms with van der Waals surface area (Å²) in [6, 6.07) is 14.7. The molecule has 2 aromatic carbocycles. The van der Waals surface area contributed by atoms with Gasteiger partial charge in [-0.15, -0.1) is 0 Å². The molecule has 2 aromatic rings. The normalized spacial score (nSPS) is 18.0. The third-order valence-corrected chi connectivity index (χ3v) is 5.57. The molecule has 0 aromatic heterocycles. The zero-order chi connectivity index (χ0) is 21.7. The molecule has 3 rings (SSSR count). The minimum absolute atomic E-state index is 0.0264. The molecule has 8 heteroatoms. The summed E-state index contributed by atoms with van der Waals surface area (Å²) in [5.41, 5.74) is 0.957. The molecule has 1 saturated heterocycles. The second-order valence-corrected chi connectivity index (χ2v) is 7.75. The van der Waals surface area contributed by atoms with Crippen molar-refractivity contribution < 1.29 is 22.8 Å². The lowest BCUT2D eigenvalue weighted by atomic mass is 9.96. The highest BCUT2D eigenvalue weighted by molar-refractivity contribution is 6.33. The molecule has 2 amide bonds. The number of nitrogens with zero attached hydrogens (tertiary/aromatic N) is 1. The molecule has 160 valence electrons. The molecule has 0 aliphatic carbocycles. The summed E-state index contributed by atoms with van der Waals surface area (Å²) in [6.07, 6.45) is -4.13. The van der Waals surface area contributed by atoms with Gasteiger partial charge in [-0.3, -0.25) is 9.59 Å². The number of halogens is 4. The van der Waals surface area contributed by atoms with Gasteiger partial charge < -0.3 is 10.2 Å². The highest BCUT2D eigenvalue weighted by Gasteiger charge is 2.42. The van der Waals surface area contributed by atoms with Crippen molar-refractivity contribution in [3.8, 4) is 0 Å². The fraction of sp³-hybridized carbons (Fsp3) is 0.364. The fourth-order valence-electron chi connectivity index (χ4n) is 3.59. The summed E-state index contributed by atoms with van der Waals surface area (Å²) in [4.78, 5) is 26.8. The Morgan fingerprint density at radius 2 is 1.77 bits per heavy atom. The highest BCUT2D eigenvalue weighted by Crippen LogP contribution is 2.33. The highest BCUT2D eigenvalue weighted by atomic mass is 35.5. The predicted molar refractivity (Wildman–Crippen MR) is 108 cm³/mol. The maximum atomic E-state index is 13.1. The second kappa shape index (κ2) is 9.51. The lowest BCUT2D eigenvalue weighted by molar-refractivity contribution is -0.188. The number of carbonyl (C=O) groups excluding carboxylic acids is 2. The minimum Gasteiger partial charge on any atom is -0.345 e. The molecule has 1 aliphatic heterocycles. The Labute approximate surface area is 178 Å². The number of carbonyl (C=O) groups is 2. The van der Waals surface area contributed by atoms with Gasteiger partial charge in [0.1, 0.15) is 0 Å². The monoisotopic (exact) mass is 438 g/mol. The van der Waals surface area contributed by atoms with E-state index in [1.165, 1.54) is 4.90 Å². The van der Waals surface area contributed by atoms with Gasteiger partial charge in [0.2, 0.25) is 5.91 Å². The Kier molecular flexibility index (Phi) is 7.02. The lowest BCUT2D eigenvalue weighted by Gasteiger charge is -2.34. The molecular weight excluding hydrogens is 417 g/mol. The van der Waals surface area contributed by atoms with Gasteiger partial charge >= 0.3 is 6.18 Å². The van der Waals surface area contributed by atoms with E-state index in [1.54, 1.807) is 54.6 Å². The summed E-state index contributed by atoms with van der Waals surface area (Å²) >= 11 is 6.09. The minimum atomic E-state index is -4.32. The largest absolute Gasteiger partial charge is 0.393 e. The van der Waals surface area contributed by atoms with E-state index in [4.69, 9.17) is 11.6 Å². The van der Waals surface area contributed by atoms with Crippen LogP contribution >= 0.6 is 11.6 Å². The Balaban J connectivity index is 1.76. The Morgan fingerprint density at radius 3 is 2.43 bits per heavy atom. The van der Waals surface area contributed by atoms with Crippen molar-refractivity contribution in [2.24, 2.45) is 5.92 Å². The number of benzene rings is 2. The van der Waals surface area contributed by atoms with Gasteiger partial charge in [0, 0.05) is 13.1 Å². The van der Waals surface area contributed by atoms with E-state index in [0.29, 0.717) is 12.0 Å². The van der Waals surface area contributed by atoms with Gasteiger partial charge in [-0.1, -0.05) is 54.1 Å². The molecule has 30 heavy (non-hydrogen) atoms. The van der Waals surface area contributed by atoms with Crippen molar-refractivity contribution in [3.63, 3.8) is 0 Å². The van der Waals surface area contributed by atoms with Gasteiger partial charge in [0.25, 0.3) is 5.91 Å². The summed E-state index contributed by atoms with van der Waals surface area (Å²) in [5.74, 6) is -2.38. The van der Waals surface area contributed by atoms with Gasteiger partial charge in [0.05, 0.1) is 29.0 Å². The number of hydrogen-bond acceptors (Lipinski definition) is 2. The van der Waals surface area contributed by atoms with Gasteiger partial charge in [0.15, 0.2) is 0 Å². The zero-order valence-electron chi connectivity index (χ0n) is 16.2. The molecule has 1 N–H and O–H groups in total.